The normalized spacial score (nSPS) is 11.7. The number of alkyl halides is 3. The zero-order valence-corrected chi connectivity index (χ0v) is 7.13. The zero-order valence-electron chi connectivity index (χ0n) is 6.31. The molecule has 1 rings (SSSR count). The summed E-state index contributed by atoms with van der Waals surface area (Å²) in [7, 11) is 0. The molecule has 0 spiro atoms. The molecule has 0 bridgehead atoms. The second kappa shape index (κ2) is 3.35. The first kappa shape index (κ1) is 9.38. The maximum Gasteiger partial charge on any atom is 0.422 e. The van der Waals surface area contributed by atoms with Crippen LogP contribution in [0.5, 0.6) is 5.06 Å². The molecule has 1 aromatic heterocycles. The minimum Gasteiger partial charge on any atom is -0.475 e. The Kier molecular flexibility index (Phi) is 2.62. The summed E-state index contributed by atoms with van der Waals surface area (Å²) in [5, 5.41) is 0.310. The van der Waals surface area contributed by atoms with Crippen LogP contribution >= 0.6 is 11.3 Å². The average Bonchev–Trinajstić information content (AvgIpc) is 2.30. The van der Waals surface area contributed by atoms with Crippen LogP contribution in [0, 0.1) is 6.92 Å². The van der Waals surface area contributed by atoms with Crippen LogP contribution in [-0.4, -0.2) is 12.8 Å². The van der Waals surface area contributed by atoms with Gasteiger partial charge in [-0.3, -0.25) is 0 Å². The van der Waals surface area contributed by atoms with Gasteiger partial charge in [-0.1, -0.05) is 0 Å². The van der Waals surface area contributed by atoms with E-state index >= 15 is 0 Å². The minimum atomic E-state index is -4.25. The van der Waals surface area contributed by atoms with Crippen LogP contribution in [0.3, 0.4) is 0 Å². The molecule has 1 aromatic rings. The molecular weight excluding hydrogens is 189 g/mol. The quantitative estimate of drug-likeness (QED) is 0.706. The Morgan fingerprint density at radius 2 is 2.08 bits per heavy atom. The first-order valence-corrected chi connectivity index (χ1v) is 4.05. The average molecular weight is 196 g/mol. The van der Waals surface area contributed by atoms with Gasteiger partial charge in [0.2, 0.25) is 0 Å². The van der Waals surface area contributed by atoms with Crippen molar-refractivity contribution in [1.29, 1.82) is 0 Å². The van der Waals surface area contributed by atoms with Crippen molar-refractivity contribution in [2.75, 3.05) is 6.61 Å². The van der Waals surface area contributed by atoms with Gasteiger partial charge in [0, 0.05) is 4.88 Å². The van der Waals surface area contributed by atoms with Crippen molar-refractivity contribution in [3.05, 3.63) is 17.0 Å². The topological polar surface area (TPSA) is 9.23 Å². The minimum absolute atomic E-state index is 0.310. The molecule has 1 heterocycles. The van der Waals surface area contributed by atoms with E-state index < -0.39 is 12.8 Å². The molecule has 0 fully saturated rings. The number of hydrogen-bond acceptors (Lipinski definition) is 2. The molecule has 0 aliphatic rings. The Balaban J connectivity index is 2.44. The van der Waals surface area contributed by atoms with Gasteiger partial charge in [0.15, 0.2) is 11.7 Å². The van der Waals surface area contributed by atoms with E-state index in [-0.39, 0.29) is 0 Å². The smallest absolute Gasteiger partial charge is 0.422 e. The van der Waals surface area contributed by atoms with Crippen molar-refractivity contribution in [3.8, 4) is 5.06 Å². The van der Waals surface area contributed by atoms with Crippen LogP contribution in [0.25, 0.3) is 0 Å². The van der Waals surface area contributed by atoms with E-state index in [2.05, 4.69) is 4.74 Å². The Morgan fingerprint density at radius 3 is 2.50 bits per heavy atom. The van der Waals surface area contributed by atoms with Gasteiger partial charge in [-0.05, 0) is 19.1 Å². The van der Waals surface area contributed by atoms with E-state index in [9.17, 15) is 13.2 Å². The van der Waals surface area contributed by atoms with E-state index in [1.54, 1.807) is 6.07 Å². The fourth-order valence-electron chi connectivity index (χ4n) is 0.643. The first-order valence-electron chi connectivity index (χ1n) is 3.23. The molecule has 0 unspecified atom stereocenters. The largest absolute Gasteiger partial charge is 0.475 e. The molecule has 1 nitrogen and oxygen atoms in total. The molecule has 0 aromatic carbocycles. The van der Waals surface area contributed by atoms with Crippen molar-refractivity contribution in [2.24, 2.45) is 0 Å². The van der Waals surface area contributed by atoms with Gasteiger partial charge in [0.05, 0.1) is 0 Å². The van der Waals surface area contributed by atoms with Crippen LogP contribution in [0.1, 0.15) is 4.88 Å². The summed E-state index contributed by atoms with van der Waals surface area (Å²) in [6.45, 7) is 0.595. The third-order valence-corrected chi connectivity index (χ3v) is 2.01. The number of aryl methyl sites for hydroxylation is 1. The Hall–Kier alpha value is -0.710. The lowest BCUT2D eigenvalue weighted by Crippen LogP contribution is -2.18. The highest BCUT2D eigenvalue weighted by Crippen LogP contribution is 2.25. The van der Waals surface area contributed by atoms with Crippen LogP contribution in [-0.2, 0) is 0 Å². The molecular formula is C7H7F3OS. The van der Waals surface area contributed by atoms with E-state index in [0.29, 0.717) is 5.06 Å². The van der Waals surface area contributed by atoms with Gasteiger partial charge in [-0.25, -0.2) is 0 Å². The van der Waals surface area contributed by atoms with E-state index in [4.69, 9.17) is 0 Å². The molecule has 12 heavy (non-hydrogen) atoms. The van der Waals surface area contributed by atoms with Gasteiger partial charge >= 0.3 is 6.18 Å². The molecule has 0 N–H and O–H groups in total. The van der Waals surface area contributed by atoms with Gasteiger partial charge in [-0.2, -0.15) is 13.2 Å². The lowest BCUT2D eigenvalue weighted by molar-refractivity contribution is -0.152. The Morgan fingerprint density at radius 1 is 1.42 bits per heavy atom. The summed E-state index contributed by atoms with van der Waals surface area (Å²) < 4.78 is 39.4. The van der Waals surface area contributed by atoms with E-state index in [1.807, 2.05) is 6.92 Å². The molecule has 0 saturated heterocycles. The lowest BCUT2D eigenvalue weighted by atomic mass is 10.5. The summed E-state index contributed by atoms with van der Waals surface area (Å²) in [5.41, 5.74) is 0. The predicted octanol–water partition coefficient (Wildman–Crippen LogP) is 3.00. The SMILES string of the molecule is Cc1ccc(OCC(F)(F)F)s1. The van der Waals surface area contributed by atoms with Crippen LogP contribution in [0.2, 0.25) is 0 Å². The third kappa shape index (κ3) is 3.13. The second-order valence-electron chi connectivity index (χ2n) is 2.27. The second-order valence-corrected chi connectivity index (χ2v) is 3.52. The fourth-order valence-corrected chi connectivity index (χ4v) is 1.35. The number of thiophene rings is 1. The summed E-state index contributed by atoms with van der Waals surface area (Å²) >= 11 is 1.21. The van der Waals surface area contributed by atoms with Crippen molar-refractivity contribution < 1.29 is 17.9 Å². The molecule has 0 atom stereocenters. The highest BCUT2D eigenvalue weighted by Gasteiger charge is 2.28. The summed E-state index contributed by atoms with van der Waals surface area (Å²) in [4.78, 5) is 0.937. The van der Waals surface area contributed by atoms with Crippen molar-refractivity contribution in [3.63, 3.8) is 0 Å². The van der Waals surface area contributed by atoms with Gasteiger partial charge in [0.25, 0.3) is 0 Å². The maximum absolute atomic E-state index is 11.6. The highest BCUT2D eigenvalue weighted by atomic mass is 32.1. The van der Waals surface area contributed by atoms with Crippen molar-refractivity contribution in [1.82, 2.24) is 0 Å². The van der Waals surface area contributed by atoms with Crippen molar-refractivity contribution in [2.45, 2.75) is 13.1 Å². The number of halogens is 3. The Bertz CT molecular complexity index is 253. The van der Waals surface area contributed by atoms with Crippen LogP contribution in [0.15, 0.2) is 12.1 Å². The monoisotopic (exact) mass is 196 g/mol. The molecule has 0 amide bonds. The summed E-state index contributed by atoms with van der Waals surface area (Å²) in [6.07, 6.45) is -4.25. The van der Waals surface area contributed by atoms with E-state index in [1.165, 1.54) is 17.4 Å². The summed E-state index contributed by atoms with van der Waals surface area (Å²) in [6, 6.07) is 3.25. The number of hydrogen-bond donors (Lipinski definition) is 0. The van der Waals surface area contributed by atoms with Crippen LogP contribution in [0.4, 0.5) is 13.2 Å². The summed E-state index contributed by atoms with van der Waals surface area (Å²) in [5.74, 6) is 0. The first-order chi connectivity index (χ1) is 5.47. The van der Waals surface area contributed by atoms with E-state index in [0.717, 1.165) is 4.88 Å². The van der Waals surface area contributed by atoms with Gasteiger partial charge in [0.1, 0.15) is 0 Å². The van der Waals surface area contributed by atoms with Gasteiger partial charge in [-0.15, -0.1) is 11.3 Å². The maximum atomic E-state index is 11.6. The number of rotatable bonds is 2. The van der Waals surface area contributed by atoms with Crippen LogP contribution < -0.4 is 4.74 Å². The lowest BCUT2D eigenvalue weighted by Gasteiger charge is -2.05. The molecule has 0 saturated carbocycles. The number of ether oxygens (including phenoxy) is 1. The Labute approximate surface area is 71.8 Å². The molecule has 0 aliphatic carbocycles. The fraction of sp³-hybridized carbons (Fsp3) is 0.429. The standard InChI is InChI=1S/C7H7F3OS/c1-5-2-3-6(12-5)11-4-7(8,9)10/h2-3H,4H2,1H3. The molecule has 0 radical (unpaired) electrons. The zero-order chi connectivity index (χ0) is 9.19. The van der Waals surface area contributed by atoms with Crippen molar-refractivity contribution >= 4 is 11.3 Å². The molecule has 0 aliphatic heterocycles. The third-order valence-electron chi connectivity index (χ3n) is 1.09. The highest BCUT2D eigenvalue weighted by molar-refractivity contribution is 7.13. The molecule has 68 valence electrons. The van der Waals surface area contributed by atoms with Gasteiger partial charge < -0.3 is 4.74 Å². The molecule has 5 heteroatoms. The predicted molar refractivity (Wildman–Crippen MR) is 40.6 cm³/mol.